The zero-order chi connectivity index (χ0) is 15.2. The Labute approximate surface area is 125 Å². The molecule has 0 spiro atoms. The van der Waals surface area contributed by atoms with Crippen LogP contribution in [0.5, 0.6) is 0 Å². The number of aryl methyl sites for hydroxylation is 2. The van der Waals surface area contributed by atoms with Gasteiger partial charge in [-0.1, -0.05) is 36.4 Å². The van der Waals surface area contributed by atoms with Crippen molar-refractivity contribution in [2.75, 3.05) is 6.54 Å². The van der Waals surface area contributed by atoms with Crippen LogP contribution < -0.4 is 5.73 Å². The molecule has 21 heavy (non-hydrogen) atoms. The Hall–Kier alpha value is -1.71. The first-order valence-electron chi connectivity index (χ1n) is 7.30. The lowest BCUT2D eigenvalue weighted by atomic mass is 9.89. The number of hydrogen-bond acceptors (Lipinski definition) is 2. The Kier molecular flexibility index (Phi) is 5.48. The van der Waals surface area contributed by atoms with Gasteiger partial charge in [-0.15, -0.1) is 0 Å². The molecule has 3 N–H and O–H groups in total. The predicted octanol–water partition coefficient (Wildman–Crippen LogP) is 3.17. The number of hydrogen-bond donors (Lipinski definition) is 2. The van der Waals surface area contributed by atoms with Gasteiger partial charge >= 0.3 is 0 Å². The summed E-state index contributed by atoms with van der Waals surface area (Å²) < 4.78 is 13.0. The average molecular weight is 287 g/mol. The minimum atomic E-state index is -0.528. The van der Waals surface area contributed by atoms with Crippen molar-refractivity contribution >= 4 is 0 Å². The maximum absolute atomic E-state index is 13.0. The van der Waals surface area contributed by atoms with E-state index in [1.807, 2.05) is 12.1 Å². The second-order valence-corrected chi connectivity index (χ2v) is 5.43. The Morgan fingerprint density at radius 3 is 2.38 bits per heavy atom. The number of rotatable bonds is 6. The molecule has 0 radical (unpaired) electrons. The highest BCUT2D eigenvalue weighted by atomic mass is 19.1. The first-order chi connectivity index (χ1) is 10.1. The van der Waals surface area contributed by atoms with Gasteiger partial charge in [0, 0.05) is 12.5 Å². The van der Waals surface area contributed by atoms with Gasteiger partial charge in [0.05, 0.1) is 6.10 Å². The maximum atomic E-state index is 13.0. The van der Waals surface area contributed by atoms with E-state index in [9.17, 15) is 9.50 Å². The van der Waals surface area contributed by atoms with E-state index >= 15 is 0 Å². The van der Waals surface area contributed by atoms with Gasteiger partial charge in [-0.3, -0.25) is 0 Å². The molecule has 2 aromatic carbocycles. The monoisotopic (exact) mass is 287 g/mol. The topological polar surface area (TPSA) is 46.2 Å². The molecule has 0 saturated carbocycles. The molecule has 0 heterocycles. The van der Waals surface area contributed by atoms with E-state index in [4.69, 9.17) is 5.73 Å². The Balaban J connectivity index is 2.02. The molecule has 0 saturated heterocycles. The number of halogens is 1. The molecule has 2 atom stereocenters. The van der Waals surface area contributed by atoms with Crippen molar-refractivity contribution in [3.05, 3.63) is 71.0 Å². The normalized spacial score (nSPS) is 13.9. The summed E-state index contributed by atoms with van der Waals surface area (Å²) in [6.45, 7) is 2.42. The summed E-state index contributed by atoms with van der Waals surface area (Å²) in [5.41, 5.74) is 9.15. The highest BCUT2D eigenvalue weighted by molar-refractivity contribution is 5.26. The molecule has 0 aliphatic heterocycles. The lowest BCUT2D eigenvalue weighted by Gasteiger charge is -2.22. The fourth-order valence-corrected chi connectivity index (χ4v) is 2.62. The van der Waals surface area contributed by atoms with Gasteiger partial charge in [0.25, 0.3) is 0 Å². The first-order valence-corrected chi connectivity index (χ1v) is 7.30. The van der Waals surface area contributed by atoms with Gasteiger partial charge in [-0.2, -0.15) is 0 Å². The molecule has 0 aliphatic carbocycles. The molecule has 2 aromatic rings. The third-order valence-corrected chi connectivity index (χ3v) is 3.99. The van der Waals surface area contributed by atoms with Crippen molar-refractivity contribution in [2.24, 2.45) is 5.73 Å². The minimum Gasteiger partial charge on any atom is -0.392 e. The molecule has 0 aliphatic rings. The fraction of sp³-hybridized carbons (Fsp3) is 0.333. The zero-order valence-electron chi connectivity index (χ0n) is 12.3. The van der Waals surface area contributed by atoms with Gasteiger partial charge in [-0.05, 0) is 48.6 Å². The van der Waals surface area contributed by atoms with Crippen LogP contribution in [-0.4, -0.2) is 17.8 Å². The van der Waals surface area contributed by atoms with Crippen LogP contribution in [-0.2, 0) is 6.42 Å². The first kappa shape index (κ1) is 15.7. The maximum Gasteiger partial charge on any atom is 0.123 e. The van der Waals surface area contributed by atoms with Crippen LogP contribution in [0, 0.1) is 12.7 Å². The predicted molar refractivity (Wildman–Crippen MR) is 83.7 cm³/mol. The van der Waals surface area contributed by atoms with Crippen LogP contribution >= 0.6 is 0 Å². The van der Waals surface area contributed by atoms with Crippen molar-refractivity contribution in [1.82, 2.24) is 0 Å². The van der Waals surface area contributed by atoms with E-state index in [0.29, 0.717) is 13.0 Å². The molecular formula is C18H22FNO. The van der Waals surface area contributed by atoms with Crippen molar-refractivity contribution in [3.63, 3.8) is 0 Å². The molecular weight excluding hydrogens is 265 g/mol. The average Bonchev–Trinajstić information content (AvgIpc) is 2.49. The van der Waals surface area contributed by atoms with E-state index in [2.05, 4.69) is 19.1 Å². The van der Waals surface area contributed by atoms with E-state index < -0.39 is 6.10 Å². The Morgan fingerprint density at radius 1 is 1.10 bits per heavy atom. The van der Waals surface area contributed by atoms with Crippen molar-refractivity contribution in [2.45, 2.75) is 31.8 Å². The molecule has 0 aromatic heterocycles. The summed E-state index contributed by atoms with van der Waals surface area (Å²) in [4.78, 5) is 0. The Morgan fingerprint density at radius 2 is 1.76 bits per heavy atom. The fourth-order valence-electron chi connectivity index (χ4n) is 2.62. The van der Waals surface area contributed by atoms with Crippen LogP contribution in [0.1, 0.15) is 29.0 Å². The van der Waals surface area contributed by atoms with Crippen LogP contribution in [0.3, 0.4) is 0 Å². The summed E-state index contributed by atoms with van der Waals surface area (Å²) in [6.07, 6.45) is 0.926. The SMILES string of the molecule is Cc1ccccc1CCC(O)C(CN)c1ccc(F)cc1. The van der Waals surface area contributed by atoms with Gasteiger partial charge in [-0.25, -0.2) is 4.39 Å². The summed E-state index contributed by atoms with van der Waals surface area (Å²) in [6, 6.07) is 14.4. The molecule has 2 nitrogen and oxygen atoms in total. The lowest BCUT2D eigenvalue weighted by Crippen LogP contribution is -2.26. The van der Waals surface area contributed by atoms with Crippen molar-refractivity contribution in [3.8, 4) is 0 Å². The molecule has 112 valence electrons. The highest BCUT2D eigenvalue weighted by Gasteiger charge is 2.19. The van der Waals surface area contributed by atoms with Gasteiger partial charge in [0.1, 0.15) is 5.82 Å². The summed E-state index contributed by atoms with van der Waals surface area (Å²) >= 11 is 0. The highest BCUT2D eigenvalue weighted by Crippen LogP contribution is 2.23. The van der Waals surface area contributed by atoms with E-state index in [1.165, 1.54) is 23.3 Å². The standard InChI is InChI=1S/C18H22FNO/c1-13-4-2-3-5-14(13)8-11-18(21)17(12-20)15-6-9-16(19)10-7-15/h2-7,9-10,17-18,21H,8,11-12,20H2,1H3. The van der Waals surface area contributed by atoms with Crippen molar-refractivity contribution in [1.29, 1.82) is 0 Å². The molecule has 0 amide bonds. The summed E-state index contributed by atoms with van der Waals surface area (Å²) in [5, 5.41) is 10.4. The quantitative estimate of drug-likeness (QED) is 0.857. The third kappa shape index (κ3) is 4.13. The minimum absolute atomic E-state index is 0.158. The number of aliphatic hydroxyl groups excluding tert-OH is 1. The summed E-state index contributed by atoms with van der Waals surface area (Å²) in [7, 11) is 0. The van der Waals surface area contributed by atoms with Crippen LogP contribution in [0.15, 0.2) is 48.5 Å². The molecule has 3 heteroatoms. The second kappa shape index (κ2) is 7.34. The largest absolute Gasteiger partial charge is 0.392 e. The number of nitrogens with two attached hydrogens (primary N) is 1. The summed E-state index contributed by atoms with van der Waals surface area (Å²) in [5.74, 6) is -0.432. The van der Waals surface area contributed by atoms with Crippen LogP contribution in [0.25, 0.3) is 0 Å². The molecule has 2 rings (SSSR count). The van der Waals surface area contributed by atoms with E-state index in [0.717, 1.165) is 12.0 Å². The smallest absolute Gasteiger partial charge is 0.123 e. The van der Waals surface area contributed by atoms with Crippen LogP contribution in [0.2, 0.25) is 0 Å². The zero-order valence-corrected chi connectivity index (χ0v) is 12.3. The molecule has 2 unspecified atom stereocenters. The number of benzene rings is 2. The van der Waals surface area contributed by atoms with Gasteiger partial charge in [0.2, 0.25) is 0 Å². The molecule has 0 bridgehead atoms. The molecule has 0 fully saturated rings. The van der Waals surface area contributed by atoms with Gasteiger partial charge < -0.3 is 10.8 Å². The Bertz CT molecular complexity index is 568. The van der Waals surface area contributed by atoms with Crippen molar-refractivity contribution < 1.29 is 9.50 Å². The lowest BCUT2D eigenvalue weighted by molar-refractivity contribution is 0.136. The van der Waals surface area contributed by atoms with Gasteiger partial charge in [0.15, 0.2) is 0 Å². The van der Waals surface area contributed by atoms with Crippen LogP contribution in [0.4, 0.5) is 4.39 Å². The van der Waals surface area contributed by atoms with E-state index in [-0.39, 0.29) is 11.7 Å². The number of aliphatic hydroxyl groups is 1. The third-order valence-electron chi connectivity index (χ3n) is 3.99. The van der Waals surface area contributed by atoms with E-state index in [1.54, 1.807) is 12.1 Å². The second-order valence-electron chi connectivity index (χ2n) is 5.43.